The van der Waals surface area contributed by atoms with Gasteiger partial charge in [-0.15, -0.1) is 0 Å². The number of quaternary nitrogens is 1. The Bertz CT molecular complexity index is 826. The summed E-state index contributed by atoms with van der Waals surface area (Å²) >= 11 is 0. The monoisotopic (exact) mass is 374 g/mol. The highest BCUT2D eigenvalue weighted by molar-refractivity contribution is 7.92. The van der Waals surface area contributed by atoms with Gasteiger partial charge in [0, 0.05) is 0 Å². The number of aryl methyl sites for hydroxylation is 1. The minimum absolute atomic E-state index is 0.296. The Morgan fingerprint density at radius 3 is 2.27 bits per heavy atom. The lowest BCUT2D eigenvalue weighted by Gasteiger charge is -2.34. The van der Waals surface area contributed by atoms with Crippen molar-refractivity contribution in [2.75, 3.05) is 42.3 Å². The Balaban J connectivity index is 1.81. The molecule has 6 heteroatoms. The van der Waals surface area contributed by atoms with Crippen molar-refractivity contribution in [3.63, 3.8) is 0 Å². The van der Waals surface area contributed by atoms with Crippen molar-refractivity contribution in [1.82, 2.24) is 0 Å². The summed E-state index contributed by atoms with van der Waals surface area (Å²) in [6.45, 7) is 9.43. The zero-order valence-electron chi connectivity index (χ0n) is 15.5. The van der Waals surface area contributed by atoms with Crippen LogP contribution in [-0.4, -0.2) is 41.1 Å². The molecular weight excluding hydrogens is 346 g/mol. The number of rotatable bonds is 6. The van der Waals surface area contributed by atoms with E-state index in [1.807, 2.05) is 36.4 Å². The van der Waals surface area contributed by atoms with Crippen LogP contribution in [-0.2, 0) is 16.4 Å². The van der Waals surface area contributed by atoms with Gasteiger partial charge in [0.2, 0.25) is 0 Å². The van der Waals surface area contributed by atoms with E-state index in [0.717, 1.165) is 50.4 Å². The fourth-order valence-corrected chi connectivity index (χ4v) is 4.44. The Hall–Kier alpha value is -2.05. The second kappa shape index (κ2) is 8.10. The minimum Gasteiger partial charge on any atom is -0.359 e. The quantitative estimate of drug-likeness (QED) is 0.810. The lowest BCUT2D eigenvalue weighted by atomic mass is 10.2. The molecule has 5 nitrogen and oxygen atoms in total. The van der Waals surface area contributed by atoms with E-state index < -0.39 is 10.0 Å². The van der Waals surface area contributed by atoms with Gasteiger partial charge in [-0.05, 0) is 43.2 Å². The highest BCUT2D eigenvalue weighted by atomic mass is 32.2. The molecule has 1 aliphatic rings. The zero-order chi connectivity index (χ0) is 18.6. The molecule has 0 spiro atoms. The predicted molar refractivity (Wildman–Crippen MR) is 107 cm³/mol. The van der Waals surface area contributed by atoms with Crippen LogP contribution in [0.3, 0.4) is 0 Å². The number of hydrogen-bond acceptors (Lipinski definition) is 3. The SMILES string of the molecule is CCc1ccc(S(=O)(=O)Nc2ccccc2N2CC[NH+](CC)CC2)cc1. The van der Waals surface area contributed by atoms with Crippen molar-refractivity contribution in [3.05, 3.63) is 54.1 Å². The smallest absolute Gasteiger partial charge is 0.261 e. The van der Waals surface area contributed by atoms with Gasteiger partial charge in [-0.1, -0.05) is 31.2 Å². The normalized spacial score (nSPS) is 15.8. The van der Waals surface area contributed by atoms with Crippen molar-refractivity contribution >= 4 is 21.4 Å². The first-order valence-corrected chi connectivity index (χ1v) is 10.8. The number of likely N-dealkylation sites (N-methyl/N-ethyl adjacent to an activating group) is 1. The van der Waals surface area contributed by atoms with Gasteiger partial charge in [0.1, 0.15) is 0 Å². The van der Waals surface area contributed by atoms with E-state index in [-0.39, 0.29) is 0 Å². The molecule has 26 heavy (non-hydrogen) atoms. The van der Waals surface area contributed by atoms with Gasteiger partial charge in [-0.25, -0.2) is 8.42 Å². The van der Waals surface area contributed by atoms with Gasteiger partial charge in [0.25, 0.3) is 10.0 Å². The van der Waals surface area contributed by atoms with Crippen molar-refractivity contribution in [2.24, 2.45) is 0 Å². The number of sulfonamides is 1. The number of anilines is 2. The van der Waals surface area contributed by atoms with Crippen LogP contribution in [0, 0.1) is 0 Å². The molecule has 2 aromatic carbocycles. The summed E-state index contributed by atoms with van der Waals surface area (Å²) < 4.78 is 28.4. The molecule has 0 aliphatic carbocycles. The number of nitrogens with zero attached hydrogens (tertiary/aromatic N) is 1. The molecule has 3 rings (SSSR count). The van der Waals surface area contributed by atoms with Crippen molar-refractivity contribution < 1.29 is 13.3 Å². The van der Waals surface area contributed by atoms with Crippen molar-refractivity contribution in [2.45, 2.75) is 25.2 Å². The standard InChI is InChI=1S/C20H27N3O2S/c1-3-17-9-11-18(12-10-17)26(24,25)21-19-7-5-6-8-20(19)23-15-13-22(4-2)14-16-23/h5-12,21H,3-4,13-16H2,1-2H3/p+1. The van der Waals surface area contributed by atoms with E-state index >= 15 is 0 Å². The second-order valence-electron chi connectivity index (χ2n) is 6.71. The highest BCUT2D eigenvalue weighted by Crippen LogP contribution is 2.28. The molecule has 2 N–H and O–H groups in total. The first-order valence-electron chi connectivity index (χ1n) is 9.32. The molecule has 0 unspecified atom stereocenters. The highest BCUT2D eigenvalue weighted by Gasteiger charge is 2.22. The Labute approximate surface area is 156 Å². The maximum absolute atomic E-state index is 12.8. The number of para-hydroxylation sites is 2. The van der Waals surface area contributed by atoms with E-state index in [0.29, 0.717) is 10.6 Å². The van der Waals surface area contributed by atoms with Gasteiger partial charge in [0.05, 0.1) is 49.0 Å². The van der Waals surface area contributed by atoms with Crippen LogP contribution in [0.1, 0.15) is 19.4 Å². The molecule has 1 saturated heterocycles. The van der Waals surface area contributed by atoms with E-state index in [2.05, 4.69) is 23.5 Å². The van der Waals surface area contributed by atoms with Gasteiger partial charge in [0.15, 0.2) is 0 Å². The Morgan fingerprint density at radius 1 is 1.00 bits per heavy atom. The third kappa shape index (κ3) is 4.19. The summed E-state index contributed by atoms with van der Waals surface area (Å²) in [5.41, 5.74) is 2.73. The average Bonchev–Trinajstić information content (AvgIpc) is 2.68. The lowest BCUT2D eigenvalue weighted by molar-refractivity contribution is -0.898. The summed E-state index contributed by atoms with van der Waals surface area (Å²) in [7, 11) is -3.60. The molecule has 1 heterocycles. The van der Waals surface area contributed by atoms with E-state index in [1.165, 1.54) is 0 Å². The van der Waals surface area contributed by atoms with Crippen molar-refractivity contribution in [3.8, 4) is 0 Å². The molecule has 0 amide bonds. The third-order valence-corrected chi connectivity index (χ3v) is 6.48. The van der Waals surface area contributed by atoms with Crippen LogP contribution in [0.2, 0.25) is 0 Å². The molecule has 0 atom stereocenters. The van der Waals surface area contributed by atoms with E-state index in [4.69, 9.17) is 0 Å². The summed E-state index contributed by atoms with van der Waals surface area (Å²) in [6.07, 6.45) is 0.891. The Kier molecular flexibility index (Phi) is 5.84. The van der Waals surface area contributed by atoms with Gasteiger partial charge in [-0.2, -0.15) is 0 Å². The number of hydrogen-bond donors (Lipinski definition) is 2. The molecule has 140 valence electrons. The minimum atomic E-state index is -3.60. The molecule has 0 aromatic heterocycles. The molecule has 1 aliphatic heterocycles. The van der Waals surface area contributed by atoms with Gasteiger partial charge < -0.3 is 9.80 Å². The van der Waals surface area contributed by atoms with Crippen molar-refractivity contribution in [1.29, 1.82) is 0 Å². The number of nitrogens with one attached hydrogen (secondary N) is 2. The summed E-state index contributed by atoms with van der Waals surface area (Å²) in [5, 5.41) is 0. The fraction of sp³-hybridized carbons (Fsp3) is 0.400. The first-order chi connectivity index (χ1) is 12.5. The van der Waals surface area contributed by atoms with Crippen LogP contribution in [0.15, 0.2) is 53.4 Å². The lowest BCUT2D eigenvalue weighted by Crippen LogP contribution is -3.14. The molecule has 0 bridgehead atoms. The molecule has 1 fully saturated rings. The number of piperazine rings is 1. The van der Waals surface area contributed by atoms with E-state index in [9.17, 15) is 8.42 Å². The largest absolute Gasteiger partial charge is 0.359 e. The predicted octanol–water partition coefficient (Wildman–Crippen LogP) is 1.77. The first kappa shape index (κ1) is 18.7. The fourth-order valence-electron chi connectivity index (χ4n) is 3.36. The van der Waals surface area contributed by atoms with Crippen LogP contribution < -0.4 is 14.5 Å². The Morgan fingerprint density at radius 2 is 1.65 bits per heavy atom. The summed E-state index contributed by atoms with van der Waals surface area (Å²) in [4.78, 5) is 4.16. The topological polar surface area (TPSA) is 53.9 Å². The molecule has 2 aromatic rings. The molecule has 0 radical (unpaired) electrons. The summed E-state index contributed by atoms with van der Waals surface area (Å²) in [5.74, 6) is 0. The second-order valence-corrected chi connectivity index (χ2v) is 8.39. The average molecular weight is 375 g/mol. The van der Waals surface area contributed by atoms with Gasteiger partial charge in [-0.3, -0.25) is 4.72 Å². The maximum atomic E-state index is 12.8. The molecular formula is C20H28N3O2S+. The van der Waals surface area contributed by atoms with Crippen LogP contribution in [0.5, 0.6) is 0 Å². The van der Waals surface area contributed by atoms with Crippen LogP contribution >= 0.6 is 0 Å². The number of benzene rings is 2. The van der Waals surface area contributed by atoms with Gasteiger partial charge >= 0.3 is 0 Å². The van der Waals surface area contributed by atoms with Crippen LogP contribution in [0.25, 0.3) is 0 Å². The summed E-state index contributed by atoms with van der Waals surface area (Å²) in [6, 6.07) is 14.7. The molecule has 0 saturated carbocycles. The zero-order valence-corrected chi connectivity index (χ0v) is 16.3. The van der Waals surface area contributed by atoms with E-state index in [1.54, 1.807) is 17.0 Å². The van der Waals surface area contributed by atoms with Crippen LogP contribution in [0.4, 0.5) is 11.4 Å². The maximum Gasteiger partial charge on any atom is 0.261 e. The third-order valence-electron chi connectivity index (χ3n) is 5.10.